The number of carbonyl (C=O) groups excluding carboxylic acids is 1. The summed E-state index contributed by atoms with van der Waals surface area (Å²) in [4.78, 5) is 25.1. The third kappa shape index (κ3) is 3.01. The number of rotatable bonds is 3. The molecular weight excluding hydrogens is 297 g/mol. The van der Waals surface area contributed by atoms with Gasteiger partial charge in [0.25, 0.3) is 5.56 Å². The molecule has 0 spiro atoms. The van der Waals surface area contributed by atoms with Gasteiger partial charge in [-0.05, 0) is 40.7 Å². The number of hydrogen-bond donors (Lipinski definition) is 1. The van der Waals surface area contributed by atoms with Crippen molar-refractivity contribution in [3.8, 4) is 0 Å². The molecule has 2 rings (SSSR count). The van der Waals surface area contributed by atoms with E-state index in [0.29, 0.717) is 12.0 Å². The number of aromatic nitrogens is 1. The van der Waals surface area contributed by atoms with Gasteiger partial charge < -0.3 is 19.6 Å². The topological polar surface area (TPSA) is 86.8 Å². The normalized spacial score (nSPS) is 19.0. The first-order chi connectivity index (χ1) is 10.5. The first-order valence-corrected chi connectivity index (χ1v) is 7.63. The SMILES string of the molecule is CCN(C(N)=O)c1cc(B2OC(C)(C)C(C)(C)O2)cn(C)c1=O. The third-order valence-corrected chi connectivity index (χ3v) is 4.58. The molecule has 0 unspecified atom stereocenters. The molecule has 2 N–H and O–H groups in total. The second kappa shape index (κ2) is 5.69. The van der Waals surface area contributed by atoms with E-state index in [0.717, 1.165) is 0 Å². The van der Waals surface area contributed by atoms with Gasteiger partial charge in [-0.25, -0.2) is 4.79 Å². The molecule has 23 heavy (non-hydrogen) atoms. The highest BCUT2D eigenvalue weighted by atomic mass is 16.7. The molecule has 7 nitrogen and oxygen atoms in total. The van der Waals surface area contributed by atoms with Crippen molar-refractivity contribution >= 4 is 24.3 Å². The van der Waals surface area contributed by atoms with Crippen molar-refractivity contribution in [3.63, 3.8) is 0 Å². The van der Waals surface area contributed by atoms with Gasteiger partial charge in [0.2, 0.25) is 0 Å². The van der Waals surface area contributed by atoms with Crippen LogP contribution in [-0.4, -0.2) is 35.5 Å². The van der Waals surface area contributed by atoms with Crippen molar-refractivity contribution in [2.24, 2.45) is 12.8 Å². The number of pyridine rings is 1. The number of aryl methyl sites for hydroxylation is 1. The Morgan fingerprint density at radius 2 is 1.83 bits per heavy atom. The van der Waals surface area contributed by atoms with Gasteiger partial charge in [0.1, 0.15) is 5.69 Å². The predicted octanol–water partition coefficient (Wildman–Crippen LogP) is 0.590. The molecule has 1 aromatic heterocycles. The van der Waals surface area contributed by atoms with E-state index >= 15 is 0 Å². The number of carbonyl (C=O) groups is 1. The maximum absolute atomic E-state index is 12.3. The number of hydrogen-bond acceptors (Lipinski definition) is 4. The smallest absolute Gasteiger partial charge is 0.399 e. The summed E-state index contributed by atoms with van der Waals surface area (Å²) in [7, 11) is 1.01. The highest BCUT2D eigenvalue weighted by molar-refractivity contribution is 6.62. The van der Waals surface area contributed by atoms with Gasteiger partial charge in [0, 0.05) is 25.3 Å². The summed E-state index contributed by atoms with van der Waals surface area (Å²) in [6.45, 7) is 9.88. The molecule has 1 saturated heterocycles. The van der Waals surface area contributed by atoms with Crippen molar-refractivity contribution in [1.82, 2.24) is 4.57 Å². The molecule has 2 amide bonds. The predicted molar refractivity (Wildman–Crippen MR) is 90.0 cm³/mol. The third-order valence-electron chi connectivity index (χ3n) is 4.58. The van der Waals surface area contributed by atoms with Crippen LogP contribution in [0.4, 0.5) is 10.5 Å². The van der Waals surface area contributed by atoms with E-state index in [9.17, 15) is 9.59 Å². The van der Waals surface area contributed by atoms with E-state index in [2.05, 4.69) is 0 Å². The molecule has 126 valence electrons. The Balaban J connectivity index is 2.49. The number of nitrogens with two attached hydrogens (primary N) is 1. The number of primary amides is 1. The van der Waals surface area contributed by atoms with Crippen LogP contribution in [0.3, 0.4) is 0 Å². The zero-order chi connectivity index (χ0) is 17.6. The fourth-order valence-corrected chi connectivity index (χ4v) is 2.47. The Hall–Kier alpha value is -1.80. The Morgan fingerprint density at radius 1 is 1.30 bits per heavy atom. The standard InChI is InChI=1S/C15H24BN3O4/c1-7-19(13(17)21)11-8-10(9-18(6)12(11)20)16-22-14(2,3)15(4,5)23-16/h8-9H,7H2,1-6H3,(H2,17,21). The Labute approximate surface area is 136 Å². The number of amides is 2. The van der Waals surface area contributed by atoms with Crippen LogP contribution in [-0.2, 0) is 16.4 Å². The van der Waals surface area contributed by atoms with Crippen LogP contribution in [0.5, 0.6) is 0 Å². The highest BCUT2D eigenvalue weighted by Crippen LogP contribution is 2.36. The van der Waals surface area contributed by atoms with Crippen LogP contribution in [0.1, 0.15) is 34.6 Å². The van der Waals surface area contributed by atoms with E-state index in [1.807, 2.05) is 27.7 Å². The zero-order valence-electron chi connectivity index (χ0n) is 14.5. The van der Waals surface area contributed by atoms with Gasteiger partial charge in [-0.2, -0.15) is 0 Å². The first kappa shape index (κ1) is 17.6. The molecule has 8 heteroatoms. The largest absolute Gasteiger partial charge is 0.496 e. The van der Waals surface area contributed by atoms with Crippen molar-refractivity contribution < 1.29 is 14.1 Å². The minimum atomic E-state index is -0.671. The van der Waals surface area contributed by atoms with Gasteiger partial charge >= 0.3 is 13.1 Å². The van der Waals surface area contributed by atoms with Crippen molar-refractivity contribution in [1.29, 1.82) is 0 Å². The lowest BCUT2D eigenvalue weighted by atomic mass is 9.80. The Bertz CT molecular complexity index is 668. The summed E-state index contributed by atoms with van der Waals surface area (Å²) in [5.74, 6) is 0. The van der Waals surface area contributed by atoms with Crippen LogP contribution >= 0.6 is 0 Å². The second-order valence-corrected chi connectivity index (χ2v) is 6.75. The monoisotopic (exact) mass is 321 g/mol. The van der Waals surface area contributed by atoms with E-state index in [1.165, 1.54) is 9.47 Å². The lowest BCUT2D eigenvalue weighted by Crippen LogP contribution is -2.43. The van der Waals surface area contributed by atoms with E-state index in [-0.39, 0.29) is 11.2 Å². The number of nitrogens with zero attached hydrogens (tertiary/aromatic N) is 2. The average molecular weight is 321 g/mol. The summed E-state index contributed by atoms with van der Waals surface area (Å²) in [5, 5.41) is 0. The highest BCUT2D eigenvalue weighted by Gasteiger charge is 2.52. The zero-order valence-corrected chi connectivity index (χ0v) is 14.5. The van der Waals surface area contributed by atoms with Gasteiger partial charge in [-0.1, -0.05) is 0 Å². The maximum Gasteiger partial charge on any atom is 0.496 e. The minimum Gasteiger partial charge on any atom is -0.399 e. The van der Waals surface area contributed by atoms with Crippen LogP contribution in [0.2, 0.25) is 0 Å². The fraction of sp³-hybridized carbons (Fsp3) is 0.600. The minimum absolute atomic E-state index is 0.217. The van der Waals surface area contributed by atoms with Crippen LogP contribution < -0.4 is 21.7 Å². The van der Waals surface area contributed by atoms with E-state index in [4.69, 9.17) is 15.0 Å². The molecule has 0 bridgehead atoms. The van der Waals surface area contributed by atoms with Gasteiger partial charge in [-0.15, -0.1) is 0 Å². The molecule has 2 heterocycles. The summed E-state index contributed by atoms with van der Waals surface area (Å²) in [6, 6.07) is 0.939. The molecule has 1 fully saturated rings. The maximum atomic E-state index is 12.3. The summed E-state index contributed by atoms with van der Waals surface area (Å²) in [5.41, 5.74) is 4.98. The summed E-state index contributed by atoms with van der Waals surface area (Å²) >= 11 is 0. The molecule has 0 radical (unpaired) electrons. The Morgan fingerprint density at radius 3 is 2.26 bits per heavy atom. The number of urea groups is 1. The van der Waals surface area contributed by atoms with E-state index in [1.54, 1.807) is 26.2 Å². The Kier molecular flexibility index (Phi) is 4.34. The molecule has 0 aromatic carbocycles. The van der Waals surface area contributed by atoms with E-state index < -0.39 is 24.4 Å². The molecular formula is C15H24BN3O4. The van der Waals surface area contributed by atoms with Crippen LogP contribution in [0.15, 0.2) is 17.1 Å². The second-order valence-electron chi connectivity index (χ2n) is 6.75. The van der Waals surface area contributed by atoms with Crippen LogP contribution in [0.25, 0.3) is 0 Å². The van der Waals surface area contributed by atoms with Crippen molar-refractivity contribution in [3.05, 3.63) is 22.6 Å². The molecule has 0 aliphatic carbocycles. The average Bonchev–Trinajstić information content (AvgIpc) is 2.63. The molecule has 1 aliphatic rings. The lowest BCUT2D eigenvalue weighted by Gasteiger charge is -2.32. The first-order valence-electron chi connectivity index (χ1n) is 7.63. The molecule has 1 aromatic rings. The van der Waals surface area contributed by atoms with Crippen molar-refractivity contribution in [2.45, 2.75) is 45.8 Å². The fourth-order valence-electron chi connectivity index (χ4n) is 2.47. The van der Waals surface area contributed by atoms with Crippen molar-refractivity contribution in [2.75, 3.05) is 11.4 Å². The van der Waals surface area contributed by atoms with Gasteiger partial charge in [-0.3, -0.25) is 9.69 Å². The molecule has 1 aliphatic heterocycles. The van der Waals surface area contributed by atoms with Crippen LogP contribution in [0, 0.1) is 0 Å². The summed E-state index contributed by atoms with van der Waals surface area (Å²) in [6.07, 6.45) is 1.66. The molecule has 0 saturated carbocycles. The number of anilines is 1. The summed E-state index contributed by atoms with van der Waals surface area (Å²) < 4.78 is 13.4. The molecule has 0 atom stereocenters. The van der Waals surface area contributed by atoms with Gasteiger partial charge in [0.05, 0.1) is 11.2 Å². The quantitative estimate of drug-likeness (QED) is 0.826. The lowest BCUT2D eigenvalue weighted by molar-refractivity contribution is 0.00578. The van der Waals surface area contributed by atoms with Gasteiger partial charge in [0.15, 0.2) is 0 Å².